The second-order valence-corrected chi connectivity index (χ2v) is 4.87. The lowest BCUT2D eigenvalue weighted by atomic mass is 10.2. The summed E-state index contributed by atoms with van der Waals surface area (Å²) in [5, 5.41) is 4.83. The first-order valence-electron chi connectivity index (χ1n) is 4.82. The van der Waals surface area contributed by atoms with Gasteiger partial charge in [-0.3, -0.25) is 4.68 Å². The maximum atomic E-state index is 5.98. The van der Waals surface area contributed by atoms with Crippen LogP contribution < -0.4 is 0 Å². The van der Waals surface area contributed by atoms with Crippen molar-refractivity contribution < 1.29 is 0 Å². The van der Waals surface area contributed by atoms with E-state index in [1.165, 1.54) is 0 Å². The van der Waals surface area contributed by atoms with Crippen LogP contribution in [0.4, 0.5) is 0 Å². The summed E-state index contributed by atoms with van der Waals surface area (Å²) in [6, 6.07) is 0. The molecule has 6 heteroatoms. The van der Waals surface area contributed by atoms with Gasteiger partial charge in [-0.2, -0.15) is 5.10 Å². The molecule has 0 spiro atoms. The summed E-state index contributed by atoms with van der Waals surface area (Å²) < 4.78 is 2.62. The summed E-state index contributed by atoms with van der Waals surface area (Å²) in [6.45, 7) is 2.06. The molecule has 0 aliphatic heterocycles. The average Bonchev–Trinajstić information content (AvgIpc) is 2.63. The molecule has 0 saturated carbocycles. The van der Waals surface area contributed by atoms with E-state index in [-0.39, 0.29) is 0 Å². The molecule has 0 amide bonds. The molecule has 2 heterocycles. The van der Waals surface area contributed by atoms with E-state index < -0.39 is 0 Å². The second-order valence-electron chi connectivity index (χ2n) is 3.35. The number of aromatic nitrogens is 4. The molecule has 0 unspecified atom stereocenters. The summed E-state index contributed by atoms with van der Waals surface area (Å²) in [7, 11) is 1.89. The number of hydrogen-bond acceptors (Lipinski definition) is 3. The Bertz CT molecular complexity index is 524. The van der Waals surface area contributed by atoms with E-state index in [1.807, 2.05) is 13.2 Å². The standard InChI is InChI=1S/C10H10ClIN4/c1-3-8-6(5-16(2)15-8)10-13-4-7(12)9(11)14-10/h4-5H,3H2,1-2H3. The molecule has 0 fully saturated rings. The van der Waals surface area contributed by atoms with Gasteiger partial charge in [0, 0.05) is 19.4 Å². The highest BCUT2D eigenvalue weighted by Crippen LogP contribution is 2.22. The fraction of sp³-hybridized carbons (Fsp3) is 0.300. The van der Waals surface area contributed by atoms with Gasteiger partial charge in [0.25, 0.3) is 0 Å². The van der Waals surface area contributed by atoms with E-state index in [0.29, 0.717) is 11.0 Å². The Morgan fingerprint density at radius 2 is 2.25 bits per heavy atom. The lowest BCUT2D eigenvalue weighted by Gasteiger charge is -2.00. The van der Waals surface area contributed by atoms with Crippen molar-refractivity contribution in [3.8, 4) is 11.4 Å². The van der Waals surface area contributed by atoms with Crippen LogP contribution in [-0.2, 0) is 13.5 Å². The topological polar surface area (TPSA) is 43.6 Å². The van der Waals surface area contributed by atoms with Gasteiger partial charge >= 0.3 is 0 Å². The van der Waals surface area contributed by atoms with Crippen molar-refractivity contribution >= 4 is 34.2 Å². The van der Waals surface area contributed by atoms with Gasteiger partial charge in [0.2, 0.25) is 0 Å². The minimum atomic E-state index is 0.483. The minimum absolute atomic E-state index is 0.483. The van der Waals surface area contributed by atoms with Crippen molar-refractivity contribution in [1.29, 1.82) is 0 Å². The Balaban J connectivity index is 2.53. The van der Waals surface area contributed by atoms with Crippen LogP contribution in [0, 0.1) is 3.57 Å². The van der Waals surface area contributed by atoms with E-state index >= 15 is 0 Å². The Morgan fingerprint density at radius 1 is 1.50 bits per heavy atom. The molecule has 0 saturated heterocycles. The van der Waals surface area contributed by atoms with E-state index in [9.17, 15) is 0 Å². The van der Waals surface area contributed by atoms with Gasteiger partial charge < -0.3 is 0 Å². The first kappa shape index (κ1) is 11.8. The Hall–Kier alpha value is -0.690. The lowest BCUT2D eigenvalue weighted by molar-refractivity contribution is 0.746. The third-order valence-corrected chi connectivity index (χ3v) is 3.58. The largest absolute Gasteiger partial charge is 0.275 e. The molecule has 0 N–H and O–H groups in total. The van der Waals surface area contributed by atoms with Gasteiger partial charge in [0.05, 0.1) is 14.8 Å². The second kappa shape index (κ2) is 4.67. The molecule has 0 bridgehead atoms. The van der Waals surface area contributed by atoms with Crippen LogP contribution in [0.25, 0.3) is 11.4 Å². The quantitative estimate of drug-likeness (QED) is 0.619. The van der Waals surface area contributed by atoms with E-state index in [1.54, 1.807) is 10.9 Å². The van der Waals surface area contributed by atoms with E-state index in [4.69, 9.17) is 11.6 Å². The van der Waals surface area contributed by atoms with Crippen molar-refractivity contribution in [2.24, 2.45) is 7.05 Å². The molecule has 2 rings (SSSR count). The molecular formula is C10H10ClIN4. The summed E-state index contributed by atoms with van der Waals surface area (Å²) >= 11 is 8.09. The van der Waals surface area contributed by atoms with Gasteiger partial charge in [-0.1, -0.05) is 18.5 Å². The molecule has 2 aromatic heterocycles. The van der Waals surface area contributed by atoms with Crippen LogP contribution in [0.5, 0.6) is 0 Å². The number of hydrogen-bond donors (Lipinski definition) is 0. The maximum Gasteiger partial charge on any atom is 0.164 e. The van der Waals surface area contributed by atoms with Crippen LogP contribution >= 0.6 is 34.2 Å². The fourth-order valence-electron chi connectivity index (χ4n) is 1.46. The number of nitrogens with zero attached hydrogens (tertiary/aromatic N) is 4. The first-order chi connectivity index (χ1) is 7.61. The third kappa shape index (κ3) is 2.20. The van der Waals surface area contributed by atoms with Crippen LogP contribution in [-0.4, -0.2) is 19.7 Å². The zero-order valence-electron chi connectivity index (χ0n) is 8.91. The Morgan fingerprint density at radius 3 is 2.88 bits per heavy atom. The monoisotopic (exact) mass is 348 g/mol. The predicted octanol–water partition coefficient (Wildman–Crippen LogP) is 2.70. The number of aryl methyl sites for hydroxylation is 2. The van der Waals surface area contributed by atoms with Gasteiger partial charge in [0.15, 0.2) is 5.82 Å². The van der Waals surface area contributed by atoms with Gasteiger partial charge in [-0.25, -0.2) is 9.97 Å². The summed E-state index contributed by atoms with van der Waals surface area (Å²) in [5.41, 5.74) is 1.93. The van der Waals surface area contributed by atoms with Crippen molar-refractivity contribution in [3.63, 3.8) is 0 Å². The molecule has 84 valence electrons. The predicted molar refractivity (Wildman–Crippen MR) is 71.3 cm³/mol. The highest BCUT2D eigenvalue weighted by Gasteiger charge is 2.12. The molecule has 2 aromatic rings. The maximum absolute atomic E-state index is 5.98. The van der Waals surface area contributed by atoms with Gasteiger partial charge in [-0.15, -0.1) is 0 Å². The molecule has 0 radical (unpaired) electrons. The molecule has 0 aromatic carbocycles. The van der Waals surface area contributed by atoms with E-state index in [0.717, 1.165) is 21.2 Å². The number of halogens is 2. The smallest absolute Gasteiger partial charge is 0.164 e. The summed E-state index contributed by atoms with van der Waals surface area (Å²) in [6.07, 6.45) is 4.48. The van der Waals surface area contributed by atoms with Gasteiger partial charge in [0.1, 0.15) is 5.15 Å². The van der Waals surface area contributed by atoms with Crippen LogP contribution in [0.2, 0.25) is 5.15 Å². The first-order valence-corrected chi connectivity index (χ1v) is 6.28. The molecule has 16 heavy (non-hydrogen) atoms. The molecule has 0 atom stereocenters. The van der Waals surface area contributed by atoms with Crippen LogP contribution in [0.3, 0.4) is 0 Å². The van der Waals surface area contributed by atoms with Crippen LogP contribution in [0.1, 0.15) is 12.6 Å². The van der Waals surface area contributed by atoms with E-state index in [2.05, 4.69) is 44.6 Å². The summed E-state index contributed by atoms with van der Waals surface area (Å²) in [4.78, 5) is 8.53. The Kier molecular flexibility index (Phi) is 3.44. The minimum Gasteiger partial charge on any atom is -0.275 e. The van der Waals surface area contributed by atoms with Crippen molar-refractivity contribution in [2.75, 3.05) is 0 Å². The normalized spacial score (nSPS) is 10.8. The molecular weight excluding hydrogens is 338 g/mol. The fourth-order valence-corrected chi connectivity index (χ4v) is 1.85. The van der Waals surface area contributed by atoms with Gasteiger partial charge in [-0.05, 0) is 29.0 Å². The zero-order chi connectivity index (χ0) is 11.7. The molecule has 0 aliphatic rings. The Labute approximate surface area is 112 Å². The van der Waals surface area contributed by atoms with Crippen LogP contribution in [0.15, 0.2) is 12.4 Å². The number of rotatable bonds is 2. The summed E-state index contributed by atoms with van der Waals surface area (Å²) in [5.74, 6) is 0.635. The molecule has 0 aliphatic carbocycles. The molecule has 4 nitrogen and oxygen atoms in total. The zero-order valence-corrected chi connectivity index (χ0v) is 11.8. The van der Waals surface area contributed by atoms with Crippen molar-refractivity contribution in [1.82, 2.24) is 19.7 Å². The lowest BCUT2D eigenvalue weighted by Crippen LogP contribution is -1.93. The van der Waals surface area contributed by atoms with Crippen molar-refractivity contribution in [2.45, 2.75) is 13.3 Å². The highest BCUT2D eigenvalue weighted by atomic mass is 127. The average molecular weight is 349 g/mol. The van der Waals surface area contributed by atoms with Crippen molar-refractivity contribution in [3.05, 3.63) is 26.8 Å². The SMILES string of the molecule is CCc1nn(C)cc1-c1ncc(I)c(Cl)n1. The highest BCUT2D eigenvalue weighted by molar-refractivity contribution is 14.1. The third-order valence-electron chi connectivity index (χ3n) is 2.18.